The van der Waals surface area contributed by atoms with Crippen molar-refractivity contribution in [2.24, 2.45) is 0 Å². The van der Waals surface area contributed by atoms with Crippen LogP contribution in [0.25, 0.3) is 0 Å². The van der Waals surface area contributed by atoms with Crippen molar-refractivity contribution in [1.82, 2.24) is 4.90 Å². The van der Waals surface area contributed by atoms with Crippen molar-refractivity contribution in [2.75, 3.05) is 39.7 Å². The summed E-state index contributed by atoms with van der Waals surface area (Å²) in [4.78, 5) is 14.1. The Morgan fingerprint density at radius 3 is 2.50 bits per heavy atom. The molecular formula is C16H25NO4S. The maximum absolute atomic E-state index is 11.4. The molecule has 1 rings (SSSR count). The van der Waals surface area contributed by atoms with Crippen LogP contribution >= 0.6 is 0 Å². The van der Waals surface area contributed by atoms with Gasteiger partial charge in [-0.25, -0.2) is 4.79 Å². The Hall–Kier alpha value is -1.24. The zero-order valence-electron chi connectivity index (χ0n) is 13.7. The molecule has 6 heteroatoms. The number of carbonyl (C=O) groups is 1. The van der Waals surface area contributed by atoms with Crippen LogP contribution < -0.4 is 0 Å². The van der Waals surface area contributed by atoms with E-state index >= 15 is 0 Å². The molecule has 5 nitrogen and oxygen atoms in total. The highest BCUT2D eigenvalue weighted by Crippen LogP contribution is 2.19. The molecule has 0 bridgehead atoms. The van der Waals surface area contributed by atoms with Crippen molar-refractivity contribution >= 4 is 16.8 Å². The molecule has 0 spiro atoms. The molecule has 0 aliphatic carbocycles. The van der Waals surface area contributed by atoms with Gasteiger partial charge in [-0.2, -0.15) is 0 Å². The van der Waals surface area contributed by atoms with Gasteiger partial charge in [0, 0.05) is 34.5 Å². The molecule has 124 valence electrons. The summed E-state index contributed by atoms with van der Waals surface area (Å²) in [6, 6.07) is 8.00. The van der Waals surface area contributed by atoms with Gasteiger partial charge < -0.3 is 9.47 Å². The smallest absolute Gasteiger partial charge is 0.332 e. The second-order valence-corrected chi connectivity index (χ2v) is 6.42. The van der Waals surface area contributed by atoms with Crippen LogP contribution in [0.1, 0.15) is 25.5 Å². The predicted octanol–water partition coefficient (Wildman–Crippen LogP) is 2.00. The number of likely N-dealkylation sites (N-methyl/N-ethyl adjacent to an activating group) is 1. The molecule has 0 aliphatic rings. The van der Waals surface area contributed by atoms with Gasteiger partial charge in [0.25, 0.3) is 0 Å². The Labute approximate surface area is 135 Å². The Morgan fingerprint density at radius 2 is 1.95 bits per heavy atom. The van der Waals surface area contributed by atoms with Crippen LogP contribution in [-0.2, 0) is 25.1 Å². The van der Waals surface area contributed by atoms with Crippen molar-refractivity contribution in [3.05, 3.63) is 29.8 Å². The SMILES string of the molecule is CCOC(=O)COCCN(C)C(C)c1ccc(S(C)=O)cc1. The lowest BCUT2D eigenvalue weighted by molar-refractivity contribution is -0.148. The molecule has 22 heavy (non-hydrogen) atoms. The molecule has 2 atom stereocenters. The second-order valence-electron chi connectivity index (χ2n) is 5.04. The van der Waals surface area contributed by atoms with E-state index in [4.69, 9.17) is 9.47 Å². The molecule has 2 unspecified atom stereocenters. The summed E-state index contributed by atoms with van der Waals surface area (Å²) in [7, 11) is 1.05. The molecule has 0 aliphatic heterocycles. The highest BCUT2D eigenvalue weighted by Gasteiger charge is 2.12. The quantitative estimate of drug-likeness (QED) is 0.513. The fraction of sp³-hybridized carbons (Fsp3) is 0.562. The van der Waals surface area contributed by atoms with Crippen LogP contribution in [0.2, 0.25) is 0 Å². The molecule has 1 aromatic rings. The maximum Gasteiger partial charge on any atom is 0.332 e. The van der Waals surface area contributed by atoms with E-state index < -0.39 is 10.8 Å². The number of hydrogen-bond donors (Lipinski definition) is 0. The minimum atomic E-state index is -0.951. The third-order valence-electron chi connectivity index (χ3n) is 3.47. The lowest BCUT2D eigenvalue weighted by atomic mass is 10.1. The van der Waals surface area contributed by atoms with E-state index in [0.29, 0.717) is 19.8 Å². The van der Waals surface area contributed by atoms with Crippen LogP contribution in [-0.4, -0.2) is 54.7 Å². The third-order valence-corrected chi connectivity index (χ3v) is 4.41. The van der Waals surface area contributed by atoms with Gasteiger partial charge >= 0.3 is 5.97 Å². The van der Waals surface area contributed by atoms with Gasteiger partial charge in [-0.1, -0.05) is 12.1 Å². The molecule has 0 amide bonds. The van der Waals surface area contributed by atoms with Gasteiger partial charge in [0.15, 0.2) is 0 Å². The third kappa shape index (κ3) is 6.25. The highest BCUT2D eigenvalue weighted by atomic mass is 32.2. The average Bonchev–Trinajstić information content (AvgIpc) is 2.51. The number of hydrogen-bond acceptors (Lipinski definition) is 5. The summed E-state index contributed by atoms with van der Waals surface area (Å²) in [6.07, 6.45) is 1.67. The van der Waals surface area contributed by atoms with Crippen molar-refractivity contribution in [1.29, 1.82) is 0 Å². The first-order valence-electron chi connectivity index (χ1n) is 7.32. The fourth-order valence-electron chi connectivity index (χ4n) is 1.95. The maximum atomic E-state index is 11.4. The normalized spacial score (nSPS) is 13.9. The van der Waals surface area contributed by atoms with Gasteiger partial charge in [-0.05, 0) is 38.6 Å². The molecule has 0 N–H and O–H groups in total. The Balaban J connectivity index is 2.39. The molecular weight excluding hydrogens is 302 g/mol. The average molecular weight is 327 g/mol. The Kier molecular flexibility index (Phi) is 8.30. The van der Waals surface area contributed by atoms with Crippen LogP contribution in [0.5, 0.6) is 0 Å². The second kappa shape index (κ2) is 9.71. The zero-order valence-corrected chi connectivity index (χ0v) is 14.5. The molecule has 0 fully saturated rings. The van der Waals surface area contributed by atoms with Gasteiger partial charge in [0.2, 0.25) is 0 Å². The first-order valence-corrected chi connectivity index (χ1v) is 8.88. The van der Waals surface area contributed by atoms with Crippen molar-refractivity contribution in [2.45, 2.75) is 24.8 Å². The van der Waals surface area contributed by atoms with Crippen molar-refractivity contribution < 1.29 is 18.5 Å². The summed E-state index contributed by atoms with van der Waals surface area (Å²) in [5, 5.41) is 0. The van der Waals surface area contributed by atoms with E-state index in [1.54, 1.807) is 13.2 Å². The summed E-state index contributed by atoms with van der Waals surface area (Å²) >= 11 is 0. The lowest BCUT2D eigenvalue weighted by Gasteiger charge is -2.25. The summed E-state index contributed by atoms with van der Waals surface area (Å²) in [6.45, 7) is 5.42. The first-order chi connectivity index (χ1) is 10.5. The molecule has 1 aromatic carbocycles. The number of rotatable bonds is 9. The van der Waals surface area contributed by atoms with Gasteiger partial charge in [0.1, 0.15) is 6.61 Å². The minimum Gasteiger partial charge on any atom is -0.464 e. The van der Waals surface area contributed by atoms with Crippen LogP contribution in [0, 0.1) is 0 Å². The Morgan fingerprint density at radius 1 is 1.32 bits per heavy atom. The standard InChI is InChI=1S/C16H25NO4S/c1-5-21-16(18)12-20-11-10-17(3)13(2)14-6-8-15(9-7-14)22(4)19/h6-9,13H,5,10-12H2,1-4H3. The number of benzene rings is 1. The van der Waals surface area contributed by atoms with Crippen molar-refractivity contribution in [3.63, 3.8) is 0 Å². The Bertz CT molecular complexity index is 489. The van der Waals surface area contributed by atoms with Gasteiger partial charge in [-0.15, -0.1) is 0 Å². The lowest BCUT2D eigenvalue weighted by Crippen LogP contribution is -2.27. The van der Waals surface area contributed by atoms with Crippen LogP contribution in [0.15, 0.2) is 29.2 Å². The first kappa shape index (κ1) is 18.8. The van der Waals surface area contributed by atoms with Crippen molar-refractivity contribution in [3.8, 4) is 0 Å². The summed E-state index contributed by atoms with van der Waals surface area (Å²) in [5.74, 6) is -0.332. The van der Waals surface area contributed by atoms with Gasteiger partial charge in [-0.3, -0.25) is 9.11 Å². The largest absolute Gasteiger partial charge is 0.464 e. The topological polar surface area (TPSA) is 55.8 Å². The zero-order chi connectivity index (χ0) is 16.5. The van der Waals surface area contributed by atoms with E-state index in [-0.39, 0.29) is 18.6 Å². The molecule has 0 saturated heterocycles. The predicted molar refractivity (Wildman–Crippen MR) is 87.3 cm³/mol. The highest BCUT2D eigenvalue weighted by molar-refractivity contribution is 7.84. The van der Waals surface area contributed by atoms with E-state index in [1.165, 1.54) is 0 Å². The number of carbonyl (C=O) groups excluding carboxylic acids is 1. The summed E-state index contributed by atoms with van der Waals surface area (Å²) in [5.41, 5.74) is 1.15. The number of ether oxygens (including phenoxy) is 2. The van der Waals surface area contributed by atoms with E-state index in [1.807, 2.05) is 31.3 Å². The van der Waals surface area contributed by atoms with E-state index in [0.717, 1.165) is 10.5 Å². The van der Waals surface area contributed by atoms with Crippen LogP contribution in [0.3, 0.4) is 0 Å². The number of esters is 1. The molecule has 0 aromatic heterocycles. The van der Waals surface area contributed by atoms with E-state index in [2.05, 4.69) is 11.8 Å². The monoisotopic (exact) mass is 327 g/mol. The fourth-order valence-corrected chi connectivity index (χ4v) is 2.47. The molecule has 0 saturated carbocycles. The van der Waals surface area contributed by atoms with Crippen LogP contribution in [0.4, 0.5) is 0 Å². The summed E-state index contributed by atoms with van der Waals surface area (Å²) < 4.78 is 21.5. The number of nitrogens with zero attached hydrogens (tertiary/aromatic N) is 1. The molecule has 0 radical (unpaired) electrons. The van der Waals surface area contributed by atoms with Gasteiger partial charge in [0.05, 0.1) is 13.2 Å². The minimum absolute atomic E-state index is 0.00687. The van der Waals surface area contributed by atoms with E-state index in [9.17, 15) is 9.00 Å². The molecule has 0 heterocycles.